The number of hydrogen-bond donors (Lipinski definition) is 2. The van der Waals surface area contributed by atoms with Gasteiger partial charge in [-0.3, -0.25) is 0 Å². The molecule has 0 unspecified atom stereocenters. The summed E-state index contributed by atoms with van der Waals surface area (Å²) in [7, 11) is -3.15. The summed E-state index contributed by atoms with van der Waals surface area (Å²) in [5.74, 6) is 0.114. The van der Waals surface area contributed by atoms with Crippen LogP contribution in [0.3, 0.4) is 0 Å². The maximum absolute atomic E-state index is 11.5. The van der Waals surface area contributed by atoms with E-state index >= 15 is 0 Å². The highest BCUT2D eigenvalue weighted by molar-refractivity contribution is 7.89. The molecule has 1 aliphatic heterocycles. The number of nitrogens with zero attached hydrogens (tertiary/aromatic N) is 1. The zero-order chi connectivity index (χ0) is 13.7. The van der Waals surface area contributed by atoms with Gasteiger partial charge in [0.15, 0.2) is 0 Å². The van der Waals surface area contributed by atoms with Crippen molar-refractivity contribution in [1.29, 1.82) is 0 Å². The molecule has 0 saturated carbocycles. The summed E-state index contributed by atoms with van der Waals surface area (Å²) in [5, 5.41) is 3.32. The van der Waals surface area contributed by atoms with Gasteiger partial charge in [0.1, 0.15) is 0 Å². The lowest BCUT2D eigenvalue weighted by molar-refractivity contribution is 0.579. The van der Waals surface area contributed by atoms with E-state index < -0.39 is 10.0 Å². The molecule has 1 heterocycles. The van der Waals surface area contributed by atoms with Crippen LogP contribution in [0.25, 0.3) is 0 Å². The lowest BCUT2D eigenvalue weighted by Crippen LogP contribution is -2.44. The van der Waals surface area contributed by atoms with E-state index in [1.54, 1.807) is 6.92 Å². The summed E-state index contributed by atoms with van der Waals surface area (Å²) < 4.78 is 25.7. The molecule has 2 N–H and O–H groups in total. The maximum atomic E-state index is 11.5. The van der Waals surface area contributed by atoms with Gasteiger partial charge in [0, 0.05) is 38.4 Å². The molecule has 2 rings (SSSR count). The highest BCUT2D eigenvalue weighted by Gasteiger charge is 2.14. The Bertz CT molecular complexity index is 510. The van der Waals surface area contributed by atoms with E-state index in [-0.39, 0.29) is 5.75 Å². The fourth-order valence-corrected chi connectivity index (χ4v) is 2.74. The second kappa shape index (κ2) is 6.36. The average Bonchev–Trinajstić information content (AvgIpc) is 2.46. The Balaban J connectivity index is 2.12. The number of sulfonamides is 1. The van der Waals surface area contributed by atoms with Crippen LogP contribution < -0.4 is 14.9 Å². The molecule has 6 heteroatoms. The monoisotopic (exact) mass is 283 g/mol. The van der Waals surface area contributed by atoms with E-state index in [2.05, 4.69) is 21.0 Å². The number of hydrogen-bond acceptors (Lipinski definition) is 4. The summed E-state index contributed by atoms with van der Waals surface area (Å²) in [6.45, 7) is 5.85. The molecule has 1 saturated heterocycles. The third kappa shape index (κ3) is 3.92. The first-order valence-electron chi connectivity index (χ1n) is 6.63. The van der Waals surface area contributed by atoms with Crippen LogP contribution >= 0.6 is 0 Å². The maximum Gasteiger partial charge on any atom is 0.211 e. The smallest absolute Gasteiger partial charge is 0.211 e. The largest absolute Gasteiger partial charge is 0.369 e. The van der Waals surface area contributed by atoms with Crippen molar-refractivity contribution in [2.24, 2.45) is 0 Å². The van der Waals surface area contributed by atoms with Crippen LogP contribution in [0.1, 0.15) is 12.5 Å². The molecule has 0 aliphatic carbocycles. The minimum atomic E-state index is -3.15. The van der Waals surface area contributed by atoms with E-state index in [9.17, 15) is 8.42 Å². The van der Waals surface area contributed by atoms with Crippen molar-refractivity contribution in [2.75, 3.05) is 36.8 Å². The molecule has 1 aromatic carbocycles. The van der Waals surface area contributed by atoms with Gasteiger partial charge >= 0.3 is 0 Å². The predicted molar refractivity (Wildman–Crippen MR) is 77.8 cm³/mol. The number of piperazine rings is 1. The molecule has 1 aliphatic rings. The van der Waals surface area contributed by atoms with Crippen LogP contribution in [-0.4, -0.2) is 40.3 Å². The Morgan fingerprint density at radius 2 is 1.95 bits per heavy atom. The Labute approximate surface area is 115 Å². The summed E-state index contributed by atoms with van der Waals surface area (Å²) in [6.07, 6.45) is 0. The first kappa shape index (κ1) is 14.3. The van der Waals surface area contributed by atoms with Gasteiger partial charge in [-0.2, -0.15) is 0 Å². The van der Waals surface area contributed by atoms with Crippen molar-refractivity contribution >= 4 is 15.7 Å². The molecule has 1 aromatic rings. The lowest BCUT2D eigenvalue weighted by Gasteiger charge is -2.31. The minimum absolute atomic E-state index is 0.114. The summed E-state index contributed by atoms with van der Waals surface area (Å²) in [4.78, 5) is 2.30. The summed E-state index contributed by atoms with van der Waals surface area (Å²) in [5.41, 5.74) is 2.16. The summed E-state index contributed by atoms with van der Waals surface area (Å²) >= 11 is 0. The number of nitrogens with one attached hydrogen (secondary N) is 2. The fraction of sp³-hybridized carbons (Fsp3) is 0.538. The van der Waals surface area contributed by atoms with Crippen LogP contribution in [0.5, 0.6) is 0 Å². The van der Waals surface area contributed by atoms with Crippen molar-refractivity contribution in [3.8, 4) is 0 Å². The quantitative estimate of drug-likeness (QED) is 0.828. The molecule has 1 fully saturated rings. The second-order valence-electron chi connectivity index (χ2n) is 4.59. The van der Waals surface area contributed by atoms with E-state index in [1.807, 2.05) is 18.2 Å². The predicted octanol–water partition coefficient (Wildman–Crippen LogP) is 0.535. The van der Waals surface area contributed by atoms with E-state index in [4.69, 9.17) is 0 Å². The Kier molecular flexibility index (Phi) is 4.79. The Morgan fingerprint density at radius 3 is 2.63 bits per heavy atom. The second-order valence-corrected chi connectivity index (χ2v) is 6.69. The van der Waals surface area contributed by atoms with Crippen LogP contribution in [0.15, 0.2) is 24.3 Å². The van der Waals surface area contributed by atoms with Crippen LogP contribution in [0.2, 0.25) is 0 Å². The third-order valence-electron chi connectivity index (χ3n) is 3.31. The van der Waals surface area contributed by atoms with Crippen LogP contribution in [0.4, 0.5) is 5.69 Å². The van der Waals surface area contributed by atoms with Gasteiger partial charge in [-0.25, -0.2) is 13.1 Å². The first-order valence-corrected chi connectivity index (χ1v) is 8.28. The van der Waals surface area contributed by atoms with Crippen molar-refractivity contribution in [1.82, 2.24) is 10.0 Å². The zero-order valence-electron chi connectivity index (χ0n) is 11.2. The van der Waals surface area contributed by atoms with E-state index in [1.165, 1.54) is 0 Å². The van der Waals surface area contributed by atoms with Gasteiger partial charge in [-0.05, 0) is 18.6 Å². The summed E-state index contributed by atoms with van der Waals surface area (Å²) in [6, 6.07) is 7.98. The molecule has 0 spiro atoms. The van der Waals surface area contributed by atoms with Gasteiger partial charge in [-0.1, -0.05) is 18.2 Å². The average molecular weight is 283 g/mol. The zero-order valence-corrected chi connectivity index (χ0v) is 12.0. The normalized spacial score (nSPS) is 16.6. The lowest BCUT2D eigenvalue weighted by atomic mass is 10.1. The number of benzene rings is 1. The molecule has 0 aromatic heterocycles. The van der Waals surface area contributed by atoms with Crippen LogP contribution in [-0.2, 0) is 16.6 Å². The van der Waals surface area contributed by atoms with E-state index in [0.29, 0.717) is 6.54 Å². The van der Waals surface area contributed by atoms with Crippen molar-refractivity contribution in [3.63, 3.8) is 0 Å². The number of rotatable bonds is 5. The topological polar surface area (TPSA) is 61.4 Å². The van der Waals surface area contributed by atoms with Crippen LogP contribution in [0, 0.1) is 0 Å². The molecule has 106 valence electrons. The SMILES string of the molecule is CCS(=O)(=O)NCc1ccccc1N1CCNCC1. The molecule has 0 bridgehead atoms. The van der Waals surface area contributed by atoms with Gasteiger partial charge in [0.05, 0.1) is 5.75 Å². The molecule has 5 nitrogen and oxygen atoms in total. The Morgan fingerprint density at radius 1 is 1.26 bits per heavy atom. The molecule has 0 amide bonds. The highest BCUT2D eigenvalue weighted by atomic mass is 32.2. The Hall–Kier alpha value is -1.11. The molecular formula is C13H21N3O2S. The third-order valence-corrected chi connectivity index (χ3v) is 4.66. The molecule has 0 radical (unpaired) electrons. The van der Waals surface area contributed by atoms with E-state index in [0.717, 1.165) is 37.4 Å². The van der Waals surface area contributed by atoms with Crippen molar-refractivity contribution in [3.05, 3.63) is 29.8 Å². The standard InChI is InChI=1S/C13H21N3O2S/c1-2-19(17,18)15-11-12-5-3-4-6-13(12)16-9-7-14-8-10-16/h3-6,14-15H,2,7-11H2,1H3. The molecule has 19 heavy (non-hydrogen) atoms. The molecule has 0 atom stereocenters. The van der Waals surface area contributed by atoms with Gasteiger partial charge in [0.2, 0.25) is 10.0 Å². The first-order chi connectivity index (χ1) is 9.12. The number of para-hydroxylation sites is 1. The fourth-order valence-electron chi connectivity index (χ4n) is 2.16. The minimum Gasteiger partial charge on any atom is -0.369 e. The van der Waals surface area contributed by atoms with Crippen molar-refractivity contribution < 1.29 is 8.42 Å². The molecular weight excluding hydrogens is 262 g/mol. The highest BCUT2D eigenvalue weighted by Crippen LogP contribution is 2.20. The van der Waals surface area contributed by atoms with Gasteiger partial charge in [-0.15, -0.1) is 0 Å². The van der Waals surface area contributed by atoms with Crippen molar-refractivity contribution in [2.45, 2.75) is 13.5 Å². The van der Waals surface area contributed by atoms with Gasteiger partial charge in [0.25, 0.3) is 0 Å². The number of anilines is 1. The van der Waals surface area contributed by atoms with Gasteiger partial charge < -0.3 is 10.2 Å².